The van der Waals surface area contributed by atoms with Gasteiger partial charge >= 0.3 is 0 Å². The van der Waals surface area contributed by atoms with Crippen LogP contribution in [0.2, 0.25) is 0 Å². The number of nitrogens with zero attached hydrogens (tertiary/aromatic N) is 1. The van der Waals surface area contributed by atoms with E-state index in [2.05, 4.69) is 18.3 Å². The summed E-state index contributed by atoms with van der Waals surface area (Å²) < 4.78 is 5.01. The smallest absolute Gasteiger partial charge is 0.215 e. The summed E-state index contributed by atoms with van der Waals surface area (Å²) in [5.41, 5.74) is 0.875. The van der Waals surface area contributed by atoms with Gasteiger partial charge in [-0.3, -0.25) is 0 Å². The monoisotopic (exact) mass is 129 g/mol. The van der Waals surface area contributed by atoms with Crippen LogP contribution in [0.25, 0.3) is 0 Å². The maximum absolute atomic E-state index is 5.01. The molecule has 1 heterocycles. The predicted octanol–water partition coefficient (Wildman–Crippen LogP) is 1.04. The zero-order chi connectivity index (χ0) is 5.98. The molecule has 0 aliphatic heterocycles. The lowest BCUT2D eigenvalue weighted by molar-refractivity contribution is 0.596. The van der Waals surface area contributed by atoms with E-state index in [9.17, 15) is 0 Å². The molecule has 0 fully saturated rings. The summed E-state index contributed by atoms with van der Waals surface area (Å²) in [5.74, 6) is 0. The van der Waals surface area contributed by atoms with Crippen molar-refractivity contribution in [1.82, 2.24) is 4.98 Å². The SMILES string of the molecule is CP(C)c1ncco1. The Labute approximate surface area is 49.7 Å². The lowest BCUT2D eigenvalue weighted by Gasteiger charge is -1.93. The summed E-state index contributed by atoms with van der Waals surface area (Å²) in [6, 6.07) is 0. The van der Waals surface area contributed by atoms with Crippen LogP contribution in [0.3, 0.4) is 0 Å². The van der Waals surface area contributed by atoms with E-state index in [4.69, 9.17) is 4.42 Å². The molecule has 44 valence electrons. The molecule has 0 bridgehead atoms. The second kappa shape index (κ2) is 2.27. The molecular weight excluding hydrogens is 121 g/mol. The third-order valence-electron chi connectivity index (χ3n) is 0.802. The van der Waals surface area contributed by atoms with Crippen molar-refractivity contribution in [1.29, 1.82) is 0 Å². The summed E-state index contributed by atoms with van der Waals surface area (Å²) in [5, 5.41) is 0. The second-order valence-electron chi connectivity index (χ2n) is 1.71. The van der Waals surface area contributed by atoms with Crippen LogP contribution in [0.15, 0.2) is 16.9 Å². The number of hydrogen-bond donors (Lipinski definition) is 0. The van der Waals surface area contributed by atoms with Crippen LogP contribution in [0.1, 0.15) is 0 Å². The Hall–Kier alpha value is -0.360. The third kappa shape index (κ3) is 1.07. The number of aromatic nitrogens is 1. The molecular formula is C5H8NOP. The van der Waals surface area contributed by atoms with Crippen molar-refractivity contribution in [2.24, 2.45) is 0 Å². The standard InChI is InChI=1S/C5H8NOP/c1-8(2)5-6-3-4-7-5/h3-4H,1-2H3. The summed E-state index contributed by atoms with van der Waals surface area (Å²) in [6.07, 6.45) is 3.29. The van der Waals surface area contributed by atoms with Crippen LogP contribution in [-0.2, 0) is 0 Å². The molecule has 3 heteroatoms. The lowest BCUT2D eigenvalue weighted by Crippen LogP contribution is -1.96. The molecule has 0 amide bonds. The van der Waals surface area contributed by atoms with E-state index in [0.29, 0.717) is 0 Å². The van der Waals surface area contributed by atoms with Gasteiger partial charge in [-0.1, -0.05) is 0 Å². The van der Waals surface area contributed by atoms with Crippen LogP contribution in [-0.4, -0.2) is 18.3 Å². The van der Waals surface area contributed by atoms with Crippen molar-refractivity contribution < 1.29 is 4.42 Å². The molecule has 0 unspecified atom stereocenters. The first-order chi connectivity index (χ1) is 3.80. The number of oxazole rings is 1. The van der Waals surface area contributed by atoms with Gasteiger partial charge < -0.3 is 4.42 Å². The maximum Gasteiger partial charge on any atom is 0.215 e. The molecule has 0 aliphatic carbocycles. The molecule has 0 saturated heterocycles. The van der Waals surface area contributed by atoms with Gasteiger partial charge in [-0.05, 0) is 21.3 Å². The van der Waals surface area contributed by atoms with E-state index >= 15 is 0 Å². The van der Waals surface area contributed by atoms with Gasteiger partial charge in [0.15, 0.2) is 0 Å². The highest BCUT2D eigenvalue weighted by molar-refractivity contribution is 7.63. The van der Waals surface area contributed by atoms with Gasteiger partial charge in [-0.25, -0.2) is 4.98 Å². The molecule has 0 spiro atoms. The highest BCUT2D eigenvalue weighted by Crippen LogP contribution is 2.20. The Bertz CT molecular complexity index is 147. The van der Waals surface area contributed by atoms with Gasteiger partial charge in [0.2, 0.25) is 5.63 Å². The molecule has 0 radical (unpaired) electrons. The van der Waals surface area contributed by atoms with Gasteiger partial charge in [0.05, 0.1) is 6.20 Å². The first-order valence-corrected chi connectivity index (χ1v) is 4.61. The molecule has 0 N–H and O–H groups in total. The summed E-state index contributed by atoms with van der Waals surface area (Å²) in [6.45, 7) is 4.22. The summed E-state index contributed by atoms with van der Waals surface area (Å²) >= 11 is 0. The van der Waals surface area contributed by atoms with Crippen molar-refractivity contribution in [3.63, 3.8) is 0 Å². The molecule has 0 saturated carbocycles. The van der Waals surface area contributed by atoms with Crippen molar-refractivity contribution in [3.05, 3.63) is 12.5 Å². The highest BCUT2D eigenvalue weighted by atomic mass is 31.1. The highest BCUT2D eigenvalue weighted by Gasteiger charge is 1.99. The topological polar surface area (TPSA) is 26.0 Å². The normalized spacial score (nSPS) is 10.4. The first-order valence-electron chi connectivity index (χ1n) is 2.37. The van der Waals surface area contributed by atoms with Crippen molar-refractivity contribution in [3.8, 4) is 0 Å². The second-order valence-corrected chi connectivity index (χ2v) is 3.88. The van der Waals surface area contributed by atoms with Gasteiger partial charge in [-0.15, -0.1) is 0 Å². The van der Waals surface area contributed by atoms with Crippen LogP contribution in [0.5, 0.6) is 0 Å². The van der Waals surface area contributed by atoms with E-state index in [1.165, 1.54) is 0 Å². The fraction of sp³-hybridized carbons (Fsp3) is 0.400. The average Bonchev–Trinajstić information content (AvgIpc) is 2.12. The third-order valence-corrected chi connectivity index (χ3v) is 1.79. The Kier molecular flexibility index (Phi) is 1.64. The lowest BCUT2D eigenvalue weighted by atomic mass is 11.0. The van der Waals surface area contributed by atoms with Crippen molar-refractivity contribution >= 4 is 13.6 Å². The van der Waals surface area contributed by atoms with Gasteiger partial charge in [0.25, 0.3) is 0 Å². The minimum Gasteiger partial charge on any atom is -0.445 e. The Balaban J connectivity index is 2.77. The van der Waals surface area contributed by atoms with Gasteiger partial charge in [-0.2, -0.15) is 0 Å². The first kappa shape index (κ1) is 5.77. The quantitative estimate of drug-likeness (QED) is 0.529. The largest absolute Gasteiger partial charge is 0.445 e. The van der Waals surface area contributed by atoms with Crippen molar-refractivity contribution in [2.45, 2.75) is 0 Å². The Morgan fingerprint density at radius 2 is 2.38 bits per heavy atom. The van der Waals surface area contributed by atoms with E-state index in [0.717, 1.165) is 5.63 Å². The predicted molar refractivity (Wildman–Crippen MR) is 34.9 cm³/mol. The molecule has 8 heavy (non-hydrogen) atoms. The maximum atomic E-state index is 5.01. The molecule has 1 rings (SSSR count). The molecule has 0 aliphatic rings. The zero-order valence-electron chi connectivity index (χ0n) is 4.96. The molecule has 0 atom stereocenters. The van der Waals surface area contributed by atoms with E-state index in [-0.39, 0.29) is 7.92 Å². The number of rotatable bonds is 1. The van der Waals surface area contributed by atoms with E-state index < -0.39 is 0 Å². The van der Waals surface area contributed by atoms with E-state index in [1.807, 2.05) is 0 Å². The minimum atomic E-state index is -0.136. The fourth-order valence-electron chi connectivity index (χ4n) is 0.437. The average molecular weight is 129 g/mol. The molecule has 1 aromatic heterocycles. The fourth-order valence-corrected chi connectivity index (χ4v) is 1.01. The van der Waals surface area contributed by atoms with Crippen LogP contribution in [0, 0.1) is 0 Å². The summed E-state index contributed by atoms with van der Waals surface area (Å²) in [4.78, 5) is 3.98. The van der Waals surface area contributed by atoms with Crippen LogP contribution >= 0.6 is 7.92 Å². The van der Waals surface area contributed by atoms with Gasteiger partial charge in [0.1, 0.15) is 6.26 Å². The van der Waals surface area contributed by atoms with Crippen LogP contribution < -0.4 is 5.63 Å². The number of hydrogen-bond acceptors (Lipinski definition) is 2. The Morgan fingerprint density at radius 1 is 1.62 bits per heavy atom. The van der Waals surface area contributed by atoms with Crippen LogP contribution in [0.4, 0.5) is 0 Å². The zero-order valence-corrected chi connectivity index (χ0v) is 5.85. The molecule has 0 aromatic carbocycles. The molecule has 1 aromatic rings. The van der Waals surface area contributed by atoms with E-state index in [1.54, 1.807) is 12.5 Å². The van der Waals surface area contributed by atoms with Gasteiger partial charge in [0, 0.05) is 0 Å². The Morgan fingerprint density at radius 3 is 2.62 bits per heavy atom. The summed E-state index contributed by atoms with van der Waals surface area (Å²) in [7, 11) is -0.136. The van der Waals surface area contributed by atoms with Crippen molar-refractivity contribution in [2.75, 3.05) is 13.3 Å². The molecule has 2 nitrogen and oxygen atoms in total. The minimum absolute atomic E-state index is 0.136.